The molecule has 3 rings (SSSR count). The lowest BCUT2D eigenvalue weighted by molar-refractivity contribution is -0.134. The second-order valence-electron chi connectivity index (χ2n) is 6.00. The highest BCUT2D eigenvalue weighted by Crippen LogP contribution is 2.23. The Bertz CT molecular complexity index is 650. The van der Waals surface area contributed by atoms with Crippen LogP contribution in [-0.2, 0) is 11.3 Å². The normalized spacial score (nSPS) is 16.4. The summed E-state index contributed by atoms with van der Waals surface area (Å²) in [6, 6.07) is 1.80. The molecule has 2 aromatic rings. The van der Waals surface area contributed by atoms with Crippen LogP contribution in [0.2, 0.25) is 0 Å². The van der Waals surface area contributed by atoms with Crippen molar-refractivity contribution in [3.63, 3.8) is 0 Å². The third-order valence-corrected chi connectivity index (χ3v) is 4.96. The SMILES string of the molecule is CN(C)C(=O)C1CCN(Cc2csc(-c3ncccn3)n2)CC1. The lowest BCUT2D eigenvalue weighted by Crippen LogP contribution is -2.39. The lowest BCUT2D eigenvalue weighted by atomic mass is 9.95. The Morgan fingerprint density at radius 1 is 1.30 bits per heavy atom. The number of hydrogen-bond donors (Lipinski definition) is 0. The number of rotatable bonds is 4. The van der Waals surface area contributed by atoms with Crippen molar-refractivity contribution in [2.24, 2.45) is 5.92 Å². The van der Waals surface area contributed by atoms with Gasteiger partial charge in [-0.25, -0.2) is 15.0 Å². The van der Waals surface area contributed by atoms with Gasteiger partial charge in [0.05, 0.1) is 5.69 Å². The Hall–Kier alpha value is -1.86. The quantitative estimate of drug-likeness (QED) is 0.856. The molecule has 0 spiro atoms. The molecule has 0 unspecified atom stereocenters. The van der Waals surface area contributed by atoms with Gasteiger partial charge in [-0.15, -0.1) is 11.3 Å². The molecule has 1 aliphatic rings. The maximum absolute atomic E-state index is 12.0. The van der Waals surface area contributed by atoms with Crippen molar-refractivity contribution < 1.29 is 4.79 Å². The van der Waals surface area contributed by atoms with Crippen LogP contribution >= 0.6 is 11.3 Å². The minimum absolute atomic E-state index is 0.171. The van der Waals surface area contributed by atoms with Crippen molar-refractivity contribution in [1.29, 1.82) is 0 Å². The molecule has 0 atom stereocenters. The number of carbonyl (C=O) groups excluding carboxylic acids is 1. The van der Waals surface area contributed by atoms with Gasteiger partial charge in [-0.05, 0) is 32.0 Å². The molecule has 2 aromatic heterocycles. The van der Waals surface area contributed by atoms with E-state index < -0.39 is 0 Å². The summed E-state index contributed by atoms with van der Waals surface area (Å²) >= 11 is 1.58. The maximum atomic E-state index is 12.0. The van der Waals surface area contributed by atoms with Crippen molar-refractivity contribution in [3.8, 4) is 10.8 Å². The van der Waals surface area contributed by atoms with E-state index in [1.165, 1.54) is 0 Å². The Morgan fingerprint density at radius 2 is 2.00 bits per heavy atom. The molecular weight excluding hydrogens is 310 g/mol. The fraction of sp³-hybridized carbons (Fsp3) is 0.500. The molecule has 0 saturated carbocycles. The van der Waals surface area contributed by atoms with Crippen molar-refractivity contribution in [2.75, 3.05) is 27.2 Å². The zero-order valence-electron chi connectivity index (χ0n) is 13.5. The Labute approximate surface area is 140 Å². The van der Waals surface area contributed by atoms with Gasteiger partial charge >= 0.3 is 0 Å². The third-order valence-electron chi connectivity index (χ3n) is 4.07. The fourth-order valence-electron chi connectivity index (χ4n) is 2.82. The van der Waals surface area contributed by atoms with E-state index in [1.807, 2.05) is 14.1 Å². The van der Waals surface area contributed by atoms with Crippen LogP contribution in [0.4, 0.5) is 0 Å². The van der Waals surface area contributed by atoms with Crippen LogP contribution < -0.4 is 0 Å². The molecule has 1 fully saturated rings. The van der Waals surface area contributed by atoms with Gasteiger partial charge in [-0.1, -0.05) is 0 Å². The molecule has 122 valence electrons. The van der Waals surface area contributed by atoms with Gasteiger partial charge in [0.25, 0.3) is 0 Å². The number of amides is 1. The van der Waals surface area contributed by atoms with E-state index in [2.05, 4.69) is 25.2 Å². The molecule has 1 saturated heterocycles. The molecule has 0 N–H and O–H groups in total. The molecule has 1 aliphatic heterocycles. The summed E-state index contributed by atoms with van der Waals surface area (Å²) in [5.41, 5.74) is 1.05. The first-order valence-corrected chi connectivity index (χ1v) is 8.67. The molecule has 3 heterocycles. The molecular formula is C16H21N5OS. The second kappa shape index (κ2) is 7.14. The monoisotopic (exact) mass is 331 g/mol. The van der Waals surface area contributed by atoms with E-state index in [9.17, 15) is 4.79 Å². The number of thiazole rings is 1. The smallest absolute Gasteiger partial charge is 0.225 e. The Balaban J connectivity index is 1.55. The van der Waals surface area contributed by atoms with Gasteiger partial charge < -0.3 is 4.90 Å². The number of likely N-dealkylation sites (tertiary alicyclic amines) is 1. The summed E-state index contributed by atoms with van der Waals surface area (Å²) in [6.07, 6.45) is 5.32. The summed E-state index contributed by atoms with van der Waals surface area (Å²) in [7, 11) is 3.66. The van der Waals surface area contributed by atoms with Crippen molar-refractivity contribution in [3.05, 3.63) is 29.5 Å². The molecule has 0 radical (unpaired) electrons. The largest absolute Gasteiger partial charge is 0.349 e. The number of hydrogen-bond acceptors (Lipinski definition) is 6. The van der Waals surface area contributed by atoms with Crippen LogP contribution in [0.5, 0.6) is 0 Å². The summed E-state index contributed by atoms with van der Waals surface area (Å²) in [4.78, 5) is 29.2. The number of piperidine rings is 1. The van der Waals surface area contributed by atoms with E-state index in [0.29, 0.717) is 5.82 Å². The maximum Gasteiger partial charge on any atom is 0.225 e. The highest BCUT2D eigenvalue weighted by atomic mass is 32.1. The van der Waals surface area contributed by atoms with Gasteiger partial charge in [0.15, 0.2) is 10.8 Å². The first kappa shape index (κ1) is 16.0. The number of carbonyl (C=O) groups is 1. The van der Waals surface area contributed by atoms with E-state index in [-0.39, 0.29) is 11.8 Å². The highest BCUT2D eigenvalue weighted by Gasteiger charge is 2.26. The fourth-order valence-corrected chi connectivity index (χ4v) is 3.58. The number of nitrogens with zero attached hydrogens (tertiary/aromatic N) is 5. The van der Waals surface area contributed by atoms with Crippen molar-refractivity contribution >= 4 is 17.2 Å². The van der Waals surface area contributed by atoms with E-state index in [0.717, 1.165) is 43.2 Å². The Kier molecular flexibility index (Phi) is 4.97. The molecule has 7 heteroatoms. The van der Waals surface area contributed by atoms with Gasteiger partial charge in [-0.2, -0.15) is 0 Å². The van der Waals surface area contributed by atoms with Gasteiger partial charge in [0.2, 0.25) is 5.91 Å². The van der Waals surface area contributed by atoms with Gasteiger partial charge in [-0.3, -0.25) is 9.69 Å². The van der Waals surface area contributed by atoms with Crippen LogP contribution in [0.15, 0.2) is 23.8 Å². The van der Waals surface area contributed by atoms with Crippen LogP contribution in [0.1, 0.15) is 18.5 Å². The highest BCUT2D eigenvalue weighted by molar-refractivity contribution is 7.13. The zero-order chi connectivity index (χ0) is 16.2. The standard InChI is InChI=1S/C16H21N5OS/c1-20(2)16(22)12-4-8-21(9-5-12)10-13-11-23-15(19-13)14-17-6-3-7-18-14/h3,6-7,11-12H,4-5,8-10H2,1-2H3. The minimum Gasteiger partial charge on any atom is -0.349 e. The molecule has 0 bridgehead atoms. The molecule has 0 aliphatic carbocycles. The average molecular weight is 331 g/mol. The van der Waals surface area contributed by atoms with Crippen LogP contribution in [0, 0.1) is 5.92 Å². The average Bonchev–Trinajstić information content (AvgIpc) is 3.04. The topological polar surface area (TPSA) is 62.2 Å². The van der Waals surface area contributed by atoms with Crippen LogP contribution in [-0.4, -0.2) is 57.8 Å². The first-order valence-electron chi connectivity index (χ1n) is 7.79. The number of aromatic nitrogens is 3. The van der Waals surface area contributed by atoms with Gasteiger partial charge in [0, 0.05) is 44.3 Å². The van der Waals surface area contributed by atoms with E-state index in [4.69, 9.17) is 0 Å². The minimum atomic E-state index is 0.171. The summed E-state index contributed by atoms with van der Waals surface area (Å²) in [6.45, 7) is 2.71. The van der Waals surface area contributed by atoms with E-state index in [1.54, 1.807) is 34.7 Å². The predicted octanol–water partition coefficient (Wildman–Crippen LogP) is 1.90. The Morgan fingerprint density at radius 3 is 2.65 bits per heavy atom. The summed E-state index contributed by atoms with van der Waals surface area (Å²) < 4.78 is 0. The molecule has 23 heavy (non-hydrogen) atoms. The molecule has 6 nitrogen and oxygen atoms in total. The van der Waals surface area contributed by atoms with Gasteiger partial charge in [0.1, 0.15) is 0 Å². The molecule has 1 amide bonds. The van der Waals surface area contributed by atoms with Crippen LogP contribution in [0.3, 0.4) is 0 Å². The predicted molar refractivity (Wildman–Crippen MR) is 89.8 cm³/mol. The summed E-state index contributed by atoms with van der Waals surface area (Å²) in [5.74, 6) is 1.10. The van der Waals surface area contributed by atoms with E-state index >= 15 is 0 Å². The van der Waals surface area contributed by atoms with Crippen molar-refractivity contribution in [1.82, 2.24) is 24.8 Å². The molecule has 0 aromatic carbocycles. The first-order chi connectivity index (χ1) is 11.1. The summed E-state index contributed by atoms with van der Waals surface area (Å²) in [5, 5.41) is 2.93. The van der Waals surface area contributed by atoms with Crippen LogP contribution in [0.25, 0.3) is 10.8 Å². The third kappa shape index (κ3) is 3.92. The zero-order valence-corrected chi connectivity index (χ0v) is 14.3. The van der Waals surface area contributed by atoms with Crippen molar-refractivity contribution in [2.45, 2.75) is 19.4 Å². The lowest BCUT2D eigenvalue weighted by Gasteiger charge is -2.31. The second-order valence-corrected chi connectivity index (χ2v) is 6.86.